The molecule has 0 bridgehead atoms. The van der Waals surface area contributed by atoms with E-state index < -0.39 is 0 Å². The lowest BCUT2D eigenvalue weighted by Crippen LogP contribution is -2.28. The number of nitrogens with zero attached hydrogens (tertiary/aromatic N) is 2. The predicted molar refractivity (Wildman–Crippen MR) is 67.5 cm³/mol. The molecule has 1 atom stereocenters. The van der Waals surface area contributed by atoms with Gasteiger partial charge in [0.25, 0.3) is 0 Å². The van der Waals surface area contributed by atoms with E-state index in [0.717, 1.165) is 5.69 Å². The van der Waals surface area contributed by atoms with Crippen LogP contribution in [-0.4, -0.2) is 9.78 Å². The summed E-state index contributed by atoms with van der Waals surface area (Å²) < 4.78 is 1.88. The number of rotatable bonds is 3. The van der Waals surface area contributed by atoms with E-state index in [2.05, 4.69) is 35.4 Å². The van der Waals surface area contributed by atoms with E-state index in [0.29, 0.717) is 0 Å². The highest BCUT2D eigenvalue weighted by atomic mass is 15.3. The molecule has 1 heterocycles. The lowest BCUT2D eigenvalue weighted by atomic mass is 9.87. The van der Waals surface area contributed by atoms with Crippen LogP contribution in [0.1, 0.15) is 30.1 Å². The molecule has 0 saturated heterocycles. The third kappa shape index (κ3) is 1.58. The summed E-state index contributed by atoms with van der Waals surface area (Å²) in [5.41, 5.74) is 9.06. The zero-order valence-corrected chi connectivity index (χ0v) is 10.0. The first kappa shape index (κ1) is 10.5. The molecule has 2 aromatic rings. The molecular formula is C14H17N3. The molecule has 3 nitrogen and oxygen atoms in total. The van der Waals surface area contributed by atoms with Crippen LogP contribution < -0.4 is 5.73 Å². The van der Waals surface area contributed by atoms with Crippen LogP contribution in [0.15, 0.2) is 42.6 Å². The number of nitrogens with two attached hydrogens (primary N) is 1. The fraction of sp³-hybridized carbons (Fsp3) is 0.357. The second-order valence-electron chi connectivity index (χ2n) is 4.88. The molecule has 1 saturated carbocycles. The first-order chi connectivity index (χ1) is 8.24. The van der Waals surface area contributed by atoms with Crippen LogP contribution in [0.4, 0.5) is 0 Å². The SMILES string of the molecule is Cn1nccc1C(N)C1(c2ccccc2)CC1. The number of hydrogen-bond acceptors (Lipinski definition) is 2. The number of aryl methyl sites for hydroxylation is 1. The summed E-state index contributed by atoms with van der Waals surface area (Å²) in [7, 11) is 1.95. The van der Waals surface area contributed by atoms with Crippen LogP contribution in [0.25, 0.3) is 0 Å². The fourth-order valence-electron chi connectivity index (χ4n) is 2.66. The van der Waals surface area contributed by atoms with Gasteiger partial charge in [0.1, 0.15) is 0 Å². The van der Waals surface area contributed by atoms with E-state index >= 15 is 0 Å². The van der Waals surface area contributed by atoms with Crippen LogP contribution in [0.5, 0.6) is 0 Å². The minimum Gasteiger partial charge on any atom is -0.322 e. The molecule has 0 amide bonds. The van der Waals surface area contributed by atoms with Crippen LogP contribution >= 0.6 is 0 Å². The Morgan fingerprint density at radius 3 is 2.47 bits per heavy atom. The lowest BCUT2D eigenvalue weighted by Gasteiger charge is -2.24. The highest BCUT2D eigenvalue weighted by Gasteiger charge is 2.50. The molecule has 1 aliphatic carbocycles. The second kappa shape index (κ2) is 3.70. The Balaban J connectivity index is 1.97. The Labute approximate surface area is 101 Å². The largest absolute Gasteiger partial charge is 0.322 e. The number of benzene rings is 1. The van der Waals surface area contributed by atoms with Gasteiger partial charge in [-0.15, -0.1) is 0 Å². The Morgan fingerprint density at radius 2 is 1.94 bits per heavy atom. The second-order valence-corrected chi connectivity index (χ2v) is 4.88. The van der Waals surface area contributed by atoms with Gasteiger partial charge in [-0.1, -0.05) is 30.3 Å². The molecule has 0 radical (unpaired) electrons. The van der Waals surface area contributed by atoms with Crippen molar-refractivity contribution in [2.75, 3.05) is 0 Å². The molecule has 17 heavy (non-hydrogen) atoms. The highest BCUT2D eigenvalue weighted by molar-refractivity contribution is 5.36. The summed E-state index contributed by atoms with van der Waals surface area (Å²) in [6.45, 7) is 0. The predicted octanol–water partition coefficient (Wildman–Crippen LogP) is 2.15. The number of aromatic nitrogens is 2. The van der Waals surface area contributed by atoms with E-state index in [4.69, 9.17) is 5.73 Å². The Kier molecular flexibility index (Phi) is 2.30. The van der Waals surface area contributed by atoms with Crippen molar-refractivity contribution in [3.8, 4) is 0 Å². The monoisotopic (exact) mass is 227 g/mol. The van der Waals surface area contributed by atoms with Gasteiger partial charge in [0.15, 0.2) is 0 Å². The molecule has 0 spiro atoms. The van der Waals surface area contributed by atoms with Gasteiger partial charge < -0.3 is 5.73 Å². The van der Waals surface area contributed by atoms with E-state index in [1.54, 1.807) is 0 Å². The van der Waals surface area contributed by atoms with Gasteiger partial charge in [0.2, 0.25) is 0 Å². The van der Waals surface area contributed by atoms with Crippen molar-refractivity contribution in [2.45, 2.75) is 24.3 Å². The van der Waals surface area contributed by atoms with Crippen molar-refractivity contribution in [3.63, 3.8) is 0 Å². The molecule has 2 N–H and O–H groups in total. The van der Waals surface area contributed by atoms with Gasteiger partial charge in [-0.2, -0.15) is 5.10 Å². The Morgan fingerprint density at radius 1 is 1.24 bits per heavy atom. The molecule has 3 rings (SSSR count). The summed E-state index contributed by atoms with van der Waals surface area (Å²) in [6, 6.07) is 12.7. The molecule has 3 heteroatoms. The smallest absolute Gasteiger partial charge is 0.0565 e. The zero-order valence-electron chi connectivity index (χ0n) is 10.0. The minimum absolute atomic E-state index is 0.0393. The normalized spacial score (nSPS) is 18.9. The summed E-state index contributed by atoms with van der Waals surface area (Å²) in [4.78, 5) is 0. The molecule has 1 aliphatic rings. The van der Waals surface area contributed by atoms with Crippen molar-refractivity contribution >= 4 is 0 Å². The summed E-state index contributed by atoms with van der Waals surface area (Å²) in [6.07, 6.45) is 4.16. The molecule has 1 aromatic heterocycles. The molecule has 1 aromatic carbocycles. The first-order valence-electron chi connectivity index (χ1n) is 6.03. The van der Waals surface area contributed by atoms with Gasteiger partial charge in [-0.05, 0) is 24.5 Å². The molecule has 0 aliphatic heterocycles. The van der Waals surface area contributed by atoms with E-state index in [-0.39, 0.29) is 11.5 Å². The molecule has 1 fully saturated rings. The van der Waals surface area contributed by atoms with Gasteiger partial charge in [0, 0.05) is 18.7 Å². The maximum absolute atomic E-state index is 6.45. The van der Waals surface area contributed by atoms with Crippen molar-refractivity contribution in [1.29, 1.82) is 0 Å². The molecular weight excluding hydrogens is 210 g/mol. The van der Waals surface area contributed by atoms with Crippen molar-refractivity contribution in [2.24, 2.45) is 12.8 Å². The maximum Gasteiger partial charge on any atom is 0.0565 e. The minimum atomic E-state index is 0.0393. The standard InChI is InChI=1S/C14H17N3/c1-17-12(7-10-16-17)13(15)14(8-9-14)11-5-3-2-4-6-11/h2-7,10,13H,8-9,15H2,1H3. The topological polar surface area (TPSA) is 43.8 Å². The van der Waals surface area contributed by atoms with Crippen molar-refractivity contribution in [1.82, 2.24) is 9.78 Å². The van der Waals surface area contributed by atoms with Gasteiger partial charge in [0.05, 0.1) is 11.7 Å². The van der Waals surface area contributed by atoms with E-state index in [9.17, 15) is 0 Å². The van der Waals surface area contributed by atoms with Crippen LogP contribution in [-0.2, 0) is 12.5 Å². The first-order valence-corrected chi connectivity index (χ1v) is 6.03. The highest BCUT2D eigenvalue weighted by Crippen LogP contribution is 2.55. The van der Waals surface area contributed by atoms with Crippen molar-refractivity contribution in [3.05, 3.63) is 53.9 Å². The van der Waals surface area contributed by atoms with Crippen LogP contribution in [0.3, 0.4) is 0 Å². The molecule has 88 valence electrons. The van der Waals surface area contributed by atoms with Crippen LogP contribution in [0, 0.1) is 0 Å². The third-order valence-electron chi connectivity index (χ3n) is 3.91. The average Bonchev–Trinajstić information content (AvgIpc) is 3.07. The maximum atomic E-state index is 6.45. The van der Waals surface area contributed by atoms with Gasteiger partial charge in [-0.3, -0.25) is 4.68 Å². The van der Waals surface area contributed by atoms with E-state index in [1.165, 1.54) is 18.4 Å². The zero-order chi connectivity index (χ0) is 11.9. The Bertz CT molecular complexity index is 511. The lowest BCUT2D eigenvalue weighted by molar-refractivity contribution is 0.501. The summed E-state index contributed by atoms with van der Waals surface area (Å²) in [5, 5.41) is 4.21. The van der Waals surface area contributed by atoms with E-state index in [1.807, 2.05) is 24.0 Å². The Hall–Kier alpha value is -1.61. The fourth-order valence-corrected chi connectivity index (χ4v) is 2.66. The quantitative estimate of drug-likeness (QED) is 0.873. The van der Waals surface area contributed by atoms with Crippen LogP contribution in [0.2, 0.25) is 0 Å². The summed E-state index contributed by atoms with van der Waals surface area (Å²) >= 11 is 0. The average molecular weight is 227 g/mol. The van der Waals surface area contributed by atoms with Gasteiger partial charge >= 0.3 is 0 Å². The van der Waals surface area contributed by atoms with Crippen molar-refractivity contribution < 1.29 is 0 Å². The molecule has 1 unspecified atom stereocenters. The third-order valence-corrected chi connectivity index (χ3v) is 3.91. The summed E-state index contributed by atoms with van der Waals surface area (Å²) in [5.74, 6) is 0. The number of hydrogen-bond donors (Lipinski definition) is 1. The van der Waals surface area contributed by atoms with Gasteiger partial charge in [-0.25, -0.2) is 0 Å².